The van der Waals surface area contributed by atoms with Gasteiger partial charge in [-0.2, -0.15) is 0 Å². The first kappa shape index (κ1) is 12.7. The van der Waals surface area contributed by atoms with Gasteiger partial charge < -0.3 is 5.32 Å². The number of hydrogen-bond donors (Lipinski definition) is 1. The molecule has 1 atom stereocenters. The molecule has 0 spiro atoms. The van der Waals surface area contributed by atoms with Gasteiger partial charge in [0.05, 0.1) is 0 Å². The van der Waals surface area contributed by atoms with Crippen LogP contribution in [0.25, 0.3) is 0 Å². The van der Waals surface area contributed by atoms with Crippen LogP contribution in [-0.4, -0.2) is 18.1 Å². The molecule has 2 nitrogen and oxygen atoms in total. The molecule has 1 fully saturated rings. The van der Waals surface area contributed by atoms with Gasteiger partial charge in [-0.3, -0.25) is 4.98 Å². The summed E-state index contributed by atoms with van der Waals surface area (Å²) in [5, 5.41) is 3.34. The first-order valence-corrected chi connectivity index (χ1v) is 4.07. The zero-order valence-electron chi connectivity index (χ0n) is 7.27. The van der Waals surface area contributed by atoms with Crippen molar-refractivity contribution in [3.05, 3.63) is 30.1 Å². The Balaban J connectivity index is 0.000000720. The largest absolute Gasteiger partial charge is 0.316 e. The molecule has 0 aliphatic carbocycles. The van der Waals surface area contributed by atoms with Crippen LogP contribution in [0.5, 0.6) is 0 Å². The van der Waals surface area contributed by atoms with Gasteiger partial charge in [-0.15, -0.1) is 24.8 Å². The van der Waals surface area contributed by atoms with Crippen LogP contribution >= 0.6 is 24.8 Å². The van der Waals surface area contributed by atoms with E-state index in [1.54, 1.807) is 0 Å². The molecular weight excluding hydrogens is 207 g/mol. The van der Waals surface area contributed by atoms with E-state index in [1.165, 1.54) is 12.0 Å². The predicted molar refractivity (Wildman–Crippen MR) is 59.0 cm³/mol. The summed E-state index contributed by atoms with van der Waals surface area (Å²) < 4.78 is 0. The summed E-state index contributed by atoms with van der Waals surface area (Å²) in [5.74, 6) is 0.698. The van der Waals surface area contributed by atoms with E-state index in [0.717, 1.165) is 13.1 Å². The van der Waals surface area contributed by atoms with Crippen molar-refractivity contribution in [1.29, 1.82) is 0 Å². The third-order valence-electron chi connectivity index (χ3n) is 2.22. The lowest BCUT2D eigenvalue weighted by Gasteiger charge is -2.05. The maximum Gasteiger partial charge on any atom is 0.0303 e. The van der Waals surface area contributed by atoms with Gasteiger partial charge in [0.15, 0.2) is 0 Å². The zero-order chi connectivity index (χ0) is 7.52. The van der Waals surface area contributed by atoms with Crippen molar-refractivity contribution >= 4 is 24.8 Å². The second kappa shape index (κ2) is 6.19. The summed E-state index contributed by atoms with van der Waals surface area (Å²) in [7, 11) is 0. The SMILES string of the molecule is Cl.Cl.c1cncc(C2CCNC2)c1. The predicted octanol–water partition coefficient (Wildman–Crippen LogP) is 2.00. The van der Waals surface area contributed by atoms with Crippen LogP contribution in [0.3, 0.4) is 0 Å². The van der Waals surface area contributed by atoms with Crippen molar-refractivity contribution in [2.24, 2.45) is 0 Å². The third-order valence-corrected chi connectivity index (χ3v) is 2.22. The Labute approximate surface area is 91.0 Å². The molecule has 0 amide bonds. The molecule has 1 aliphatic rings. The normalized spacial score (nSPS) is 20.2. The first-order chi connectivity index (χ1) is 5.47. The highest BCUT2D eigenvalue weighted by atomic mass is 35.5. The monoisotopic (exact) mass is 220 g/mol. The number of nitrogens with one attached hydrogen (secondary N) is 1. The van der Waals surface area contributed by atoms with E-state index in [0.29, 0.717) is 5.92 Å². The molecule has 1 saturated heterocycles. The Hall–Kier alpha value is -0.310. The number of nitrogens with zero attached hydrogens (tertiary/aromatic N) is 1. The maximum absolute atomic E-state index is 4.10. The van der Waals surface area contributed by atoms with Crippen LogP contribution in [0.1, 0.15) is 17.9 Å². The molecule has 13 heavy (non-hydrogen) atoms. The summed E-state index contributed by atoms with van der Waals surface area (Å²) in [6, 6.07) is 4.16. The molecule has 1 aromatic rings. The van der Waals surface area contributed by atoms with Crippen LogP contribution in [0.2, 0.25) is 0 Å². The van der Waals surface area contributed by atoms with Gasteiger partial charge in [0.1, 0.15) is 0 Å². The summed E-state index contributed by atoms with van der Waals surface area (Å²) in [6.07, 6.45) is 5.05. The fourth-order valence-electron chi connectivity index (χ4n) is 1.56. The lowest BCUT2D eigenvalue weighted by atomic mass is 10.0. The summed E-state index contributed by atoms with van der Waals surface area (Å²) >= 11 is 0. The molecule has 2 heterocycles. The fraction of sp³-hybridized carbons (Fsp3) is 0.444. The highest BCUT2D eigenvalue weighted by Gasteiger charge is 2.15. The molecule has 0 saturated carbocycles. The van der Waals surface area contributed by atoms with E-state index in [-0.39, 0.29) is 24.8 Å². The van der Waals surface area contributed by atoms with Gasteiger partial charge in [-0.1, -0.05) is 6.07 Å². The lowest BCUT2D eigenvalue weighted by Crippen LogP contribution is -2.07. The molecule has 1 N–H and O–H groups in total. The first-order valence-electron chi connectivity index (χ1n) is 4.07. The minimum absolute atomic E-state index is 0. The molecule has 4 heteroatoms. The van der Waals surface area contributed by atoms with E-state index in [1.807, 2.05) is 18.5 Å². The van der Waals surface area contributed by atoms with Crippen LogP contribution in [0.4, 0.5) is 0 Å². The molecular formula is C9H14Cl2N2. The number of pyridine rings is 1. The highest BCUT2D eigenvalue weighted by Crippen LogP contribution is 2.20. The Morgan fingerprint density at radius 2 is 2.23 bits per heavy atom. The Bertz CT molecular complexity index is 222. The molecule has 0 radical (unpaired) electrons. The topological polar surface area (TPSA) is 24.9 Å². The van der Waals surface area contributed by atoms with Crippen molar-refractivity contribution in [1.82, 2.24) is 10.3 Å². The zero-order valence-corrected chi connectivity index (χ0v) is 8.90. The molecule has 0 aromatic carbocycles. The molecule has 1 aromatic heterocycles. The summed E-state index contributed by atoms with van der Waals surface area (Å²) in [5.41, 5.74) is 1.37. The number of hydrogen-bond acceptors (Lipinski definition) is 2. The van der Waals surface area contributed by atoms with Crippen LogP contribution in [0, 0.1) is 0 Å². The molecule has 1 aliphatic heterocycles. The van der Waals surface area contributed by atoms with Crippen molar-refractivity contribution in [3.8, 4) is 0 Å². The second-order valence-electron chi connectivity index (χ2n) is 2.98. The number of aromatic nitrogens is 1. The van der Waals surface area contributed by atoms with Gasteiger partial charge in [0, 0.05) is 18.9 Å². The van der Waals surface area contributed by atoms with Crippen molar-refractivity contribution in [3.63, 3.8) is 0 Å². The molecule has 74 valence electrons. The third kappa shape index (κ3) is 3.14. The van der Waals surface area contributed by atoms with E-state index in [2.05, 4.69) is 16.4 Å². The molecule has 1 unspecified atom stereocenters. The Morgan fingerprint density at radius 3 is 2.77 bits per heavy atom. The molecule has 0 bridgehead atoms. The van der Waals surface area contributed by atoms with Crippen LogP contribution in [0.15, 0.2) is 24.5 Å². The minimum atomic E-state index is 0. The Kier molecular flexibility index (Phi) is 6.04. The average Bonchev–Trinajstić information content (AvgIpc) is 2.58. The van der Waals surface area contributed by atoms with E-state index < -0.39 is 0 Å². The quantitative estimate of drug-likeness (QED) is 0.784. The summed E-state index contributed by atoms with van der Waals surface area (Å²) in [6.45, 7) is 2.27. The standard InChI is InChI=1S/C9H12N2.2ClH/c1-2-8(6-10-4-1)9-3-5-11-7-9;;/h1-2,4,6,9,11H,3,5,7H2;2*1H. The van der Waals surface area contributed by atoms with Crippen molar-refractivity contribution in [2.45, 2.75) is 12.3 Å². The van der Waals surface area contributed by atoms with Crippen molar-refractivity contribution < 1.29 is 0 Å². The van der Waals surface area contributed by atoms with Gasteiger partial charge in [-0.05, 0) is 30.5 Å². The molecule has 2 rings (SSSR count). The van der Waals surface area contributed by atoms with Gasteiger partial charge in [0.25, 0.3) is 0 Å². The van der Waals surface area contributed by atoms with Crippen LogP contribution in [-0.2, 0) is 0 Å². The van der Waals surface area contributed by atoms with E-state index in [9.17, 15) is 0 Å². The number of halogens is 2. The van der Waals surface area contributed by atoms with E-state index in [4.69, 9.17) is 0 Å². The minimum Gasteiger partial charge on any atom is -0.316 e. The summed E-state index contributed by atoms with van der Waals surface area (Å²) in [4.78, 5) is 4.10. The Morgan fingerprint density at radius 1 is 1.38 bits per heavy atom. The van der Waals surface area contributed by atoms with Gasteiger partial charge >= 0.3 is 0 Å². The number of rotatable bonds is 1. The average molecular weight is 221 g/mol. The van der Waals surface area contributed by atoms with Crippen LogP contribution < -0.4 is 5.32 Å². The fourth-order valence-corrected chi connectivity index (χ4v) is 1.56. The lowest BCUT2D eigenvalue weighted by molar-refractivity contribution is 0.759. The van der Waals surface area contributed by atoms with E-state index >= 15 is 0 Å². The highest BCUT2D eigenvalue weighted by molar-refractivity contribution is 5.85. The van der Waals surface area contributed by atoms with Gasteiger partial charge in [0.2, 0.25) is 0 Å². The van der Waals surface area contributed by atoms with Crippen molar-refractivity contribution in [2.75, 3.05) is 13.1 Å². The smallest absolute Gasteiger partial charge is 0.0303 e. The maximum atomic E-state index is 4.10. The van der Waals surface area contributed by atoms with Gasteiger partial charge in [-0.25, -0.2) is 0 Å². The second-order valence-corrected chi connectivity index (χ2v) is 2.98.